The van der Waals surface area contributed by atoms with Gasteiger partial charge in [-0.3, -0.25) is 19.2 Å². The van der Waals surface area contributed by atoms with Crippen LogP contribution in [0.2, 0.25) is 0 Å². The first-order valence-corrected chi connectivity index (χ1v) is 34.4. The average molecular weight is 1150 g/mol. The summed E-state index contributed by atoms with van der Waals surface area (Å²) in [4.78, 5) is 61.9. The van der Waals surface area contributed by atoms with Gasteiger partial charge < -0.3 is 38.5 Å². The fourth-order valence-corrected chi connectivity index (χ4v) is 10.1. The van der Waals surface area contributed by atoms with Gasteiger partial charge in [0, 0.05) is 52.4 Å². The van der Waals surface area contributed by atoms with Crippen molar-refractivity contribution < 1.29 is 38.1 Å². The first-order chi connectivity index (χ1) is 40.3. The Kier molecular flexibility index (Phi) is 56.9. The molecule has 0 amide bonds. The fourth-order valence-electron chi connectivity index (χ4n) is 10.1. The molecule has 1 heterocycles. The lowest BCUT2D eigenvalue weighted by Crippen LogP contribution is -2.42. The molecule has 12 heteroatoms. The molecule has 476 valence electrons. The van der Waals surface area contributed by atoms with Crippen molar-refractivity contribution in [1.29, 1.82) is 0 Å². The summed E-state index contributed by atoms with van der Waals surface area (Å²) in [5.74, 6) is -0.617. The molecule has 0 aliphatic carbocycles. The number of hydrogen-bond acceptors (Lipinski definition) is 12. The van der Waals surface area contributed by atoms with Crippen LogP contribution in [0, 0.1) is 0 Å². The summed E-state index contributed by atoms with van der Waals surface area (Å²) in [5, 5.41) is 0. The van der Waals surface area contributed by atoms with Crippen molar-refractivity contribution in [3.63, 3.8) is 0 Å². The highest BCUT2D eigenvalue weighted by molar-refractivity contribution is 5.70. The summed E-state index contributed by atoms with van der Waals surface area (Å²) in [7, 11) is 0. The molecule has 0 radical (unpaired) electrons. The van der Waals surface area contributed by atoms with Crippen molar-refractivity contribution in [1.82, 2.24) is 19.6 Å². The van der Waals surface area contributed by atoms with E-state index in [9.17, 15) is 19.2 Å². The Hall–Kier alpha value is -3.32. The van der Waals surface area contributed by atoms with Gasteiger partial charge in [-0.25, -0.2) is 0 Å². The molecule has 0 unspecified atom stereocenters. The zero-order valence-electron chi connectivity index (χ0n) is 53.9. The summed E-state index contributed by atoms with van der Waals surface area (Å²) in [6, 6.07) is 0. The minimum atomic E-state index is -0.154. The average Bonchev–Trinajstić information content (AvgIpc) is 3.47. The zero-order valence-corrected chi connectivity index (χ0v) is 53.9. The van der Waals surface area contributed by atoms with Gasteiger partial charge in [0.1, 0.15) is 0 Å². The third kappa shape index (κ3) is 53.4. The summed E-state index contributed by atoms with van der Waals surface area (Å²) >= 11 is 0. The van der Waals surface area contributed by atoms with Gasteiger partial charge in [0.25, 0.3) is 0 Å². The van der Waals surface area contributed by atoms with E-state index >= 15 is 0 Å². The van der Waals surface area contributed by atoms with Crippen molar-refractivity contribution in [2.75, 3.05) is 105 Å². The van der Waals surface area contributed by atoms with Crippen LogP contribution in [-0.4, -0.2) is 148 Å². The molecule has 1 fully saturated rings. The topological polar surface area (TPSA) is 118 Å². The monoisotopic (exact) mass is 1150 g/mol. The van der Waals surface area contributed by atoms with Gasteiger partial charge >= 0.3 is 23.9 Å². The normalized spacial score (nSPS) is 15.1. The fraction of sp³-hybridized carbons (Fsp3) is 0.829. The van der Waals surface area contributed by atoms with Crippen LogP contribution >= 0.6 is 0 Å². The standard InChI is InChI=1S/C70H128N4O8/c1-5-9-13-17-21-25-29-33-37-41-63-79-67(75)47-55-71-51-45-52-73(57-49-69(77)81-65-43-39-35-31-27-23-19-15-11-7-3)61-62-74(58-50-70(78)82-66-44-40-36-32-28-24-20-16-12-8-4)54-46-53-72(60-59-71)56-48-68(76)80-64-42-38-34-30-26-22-18-14-10-6-2/h25-32H,5-24,33-66H2,1-4H3/b29-25-,30-26-,31-27-,32-28-. The smallest absolute Gasteiger partial charge is 0.307 e. The Morgan fingerprint density at radius 3 is 0.659 bits per heavy atom. The minimum absolute atomic E-state index is 0.154. The van der Waals surface area contributed by atoms with E-state index in [1.54, 1.807) is 0 Å². The third-order valence-corrected chi connectivity index (χ3v) is 15.6. The molecule has 1 aliphatic rings. The second-order valence-corrected chi connectivity index (χ2v) is 23.2. The van der Waals surface area contributed by atoms with Crippen LogP contribution in [0.1, 0.15) is 272 Å². The maximum atomic E-state index is 13.1. The summed E-state index contributed by atoms with van der Waals surface area (Å²) in [5.41, 5.74) is 0. The summed E-state index contributed by atoms with van der Waals surface area (Å²) < 4.78 is 22.9. The highest BCUT2D eigenvalue weighted by atomic mass is 16.5. The highest BCUT2D eigenvalue weighted by Crippen LogP contribution is 2.12. The van der Waals surface area contributed by atoms with Gasteiger partial charge in [-0.1, -0.05) is 153 Å². The molecular weight excluding hydrogens is 1020 g/mol. The Balaban J connectivity index is 3.00. The molecule has 0 N–H and O–H groups in total. The molecule has 0 saturated carbocycles. The van der Waals surface area contributed by atoms with Crippen molar-refractivity contribution in [3.8, 4) is 0 Å². The van der Waals surface area contributed by atoms with E-state index < -0.39 is 0 Å². The van der Waals surface area contributed by atoms with Crippen molar-refractivity contribution >= 4 is 23.9 Å². The van der Waals surface area contributed by atoms with Crippen LogP contribution in [0.5, 0.6) is 0 Å². The molecule has 0 aromatic heterocycles. The second-order valence-electron chi connectivity index (χ2n) is 23.2. The molecule has 12 nitrogen and oxygen atoms in total. The Bertz CT molecular complexity index is 1360. The number of rotatable bonds is 52. The molecular formula is C70H128N4O8. The quantitative estimate of drug-likeness (QED) is 0.0250. The van der Waals surface area contributed by atoms with Crippen molar-refractivity contribution in [2.45, 2.75) is 272 Å². The lowest BCUT2D eigenvalue weighted by molar-refractivity contribution is -0.145. The number of esters is 4. The molecule has 1 aliphatic heterocycles. The van der Waals surface area contributed by atoms with Gasteiger partial charge in [0.05, 0.1) is 52.1 Å². The zero-order chi connectivity index (χ0) is 59.3. The van der Waals surface area contributed by atoms with Gasteiger partial charge in [0.15, 0.2) is 0 Å². The van der Waals surface area contributed by atoms with E-state index in [1.165, 1.54) is 103 Å². The molecule has 0 aromatic rings. The first-order valence-electron chi connectivity index (χ1n) is 34.4. The van der Waals surface area contributed by atoms with Crippen LogP contribution in [-0.2, 0) is 38.1 Å². The van der Waals surface area contributed by atoms with E-state index in [-0.39, 0.29) is 23.9 Å². The predicted molar refractivity (Wildman–Crippen MR) is 344 cm³/mol. The van der Waals surface area contributed by atoms with Crippen LogP contribution in [0.15, 0.2) is 48.6 Å². The minimum Gasteiger partial charge on any atom is -0.466 e. The maximum Gasteiger partial charge on any atom is 0.307 e. The molecule has 82 heavy (non-hydrogen) atoms. The number of nitrogens with zero attached hydrogens (tertiary/aromatic N) is 4. The van der Waals surface area contributed by atoms with Gasteiger partial charge in [0.2, 0.25) is 0 Å². The number of allylic oxidation sites excluding steroid dienone is 8. The lowest BCUT2D eigenvalue weighted by Gasteiger charge is -2.32. The third-order valence-electron chi connectivity index (χ3n) is 15.6. The number of unbranched alkanes of at least 4 members (excludes halogenated alkanes) is 24. The molecule has 0 aromatic carbocycles. The molecule has 0 spiro atoms. The predicted octanol–water partition coefficient (Wildman–Crippen LogP) is 16.5. The molecule has 0 bridgehead atoms. The number of carbonyl (C=O) groups is 4. The van der Waals surface area contributed by atoms with E-state index in [0.717, 1.165) is 168 Å². The first kappa shape index (κ1) is 76.7. The van der Waals surface area contributed by atoms with E-state index in [4.69, 9.17) is 18.9 Å². The van der Waals surface area contributed by atoms with Crippen molar-refractivity contribution in [3.05, 3.63) is 48.6 Å². The van der Waals surface area contributed by atoms with Crippen LogP contribution in [0.3, 0.4) is 0 Å². The van der Waals surface area contributed by atoms with Gasteiger partial charge in [-0.15, -0.1) is 0 Å². The Labute approximate surface area is 504 Å². The Morgan fingerprint density at radius 1 is 0.268 bits per heavy atom. The molecule has 1 saturated heterocycles. The SMILES string of the molecule is CCCCCC/C=C\CCCCOC(=O)CCN1CCCN(CCC(=O)OCCCC/C=C\CCCCCC)CCN(CCC(=O)OCCCC/C=C\CCCCCC)CCCN(CCC(=O)OCCCC/C=C\CCCCCC)CC1. The van der Waals surface area contributed by atoms with E-state index in [1.807, 2.05) is 0 Å². The largest absolute Gasteiger partial charge is 0.466 e. The summed E-state index contributed by atoms with van der Waals surface area (Å²) in [6.45, 7) is 19.4. The summed E-state index contributed by atoms with van der Waals surface area (Å²) in [6.07, 6.45) is 58.0. The number of carbonyl (C=O) groups excluding carboxylic acids is 4. The van der Waals surface area contributed by atoms with E-state index in [2.05, 4.69) is 95.9 Å². The van der Waals surface area contributed by atoms with Crippen molar-refractivity contribution in [2.24, 2.45) is 0 Å². The second kappa shape index (κ2) is 60.8. The lowest BCUT2D eigenvalue weighted by atomic mass is 10.1. The van der Waals surface area contributed by atoms with E-state index in [0.29, 0.717) is 78.3 Å². The molecule has 1 rings (SSSR count). The number of hydrogen-bond donors (Lipinski definition) is 0. The van der Waals surface area contributed by atoms with Gasteiger partial charge in [-0.05, 0) is 167 Å². The maximum absolute atomic E-state index is 13.1. The number of ether oxygens (including phenoxy) is 4. The Morgan fingerprint density at radius 2 is 0.463 bits per heavy atom. The van der Waals surface area contributed by atoms with Crippen LogP contribution < -0.4 is 0 Å². The molecule has 0 atom stereocenters. The van der Waals surface area contributed by atoms with Crippen LogP contribution in [0.25, 0.3) is 0 Å². The highest BCUT2D eigenvalue weighted by Gasteiger charge is 2.19. The van der Waals surface area contributed by atoms with Crippen LogP contribution in [0.4, 0.5) is 0 Å². The van der Waals surface area contributed by atoms with Gasteiger partial charge in [-0.2, -0.15) is 0 Å².